The lowest BCUT2D eigenvalue weighted by Gasteiger charge is -2.25. The molecule has 0 saturated heterocycles. The highest BCUT2D eigenvalue weighted by atomic mass is 16.6. The zero-order chi connectivity index (χ0) is 12.8. The molecule has 1 N–H and O–H groups in total. The van der Waals surface area contributed by atoms with Gasteiger partial charge in [-0.3, -0.25) is 4.79 Å². The van der Waals surface area contributed by atoms with E-state index in [1.54, 1.807) is 0 Å². The van der Waals surface area contributed by atoms with E-state index in [-0.39, 0.29) is 12.5 Å². The van der Waals surface area contributed by atoms with Gasteiger partial charge in [-0.25, -0.2) is 0 Å². The SMILES string of the molecule is CCCCCNC(=O)[C@@H]1COc2ccccc2O1. The van der Waals surface area contributed by atoms with Gasteiger partial charge in [0, 0.05) is 6.54 Å². The number of carbonyl (C=O) groups excluding carboxylic acids is 1. The molecule has 0 aromatic heterocycles. The Balaban J connectivity index is 1.83. The van der Waals surface area contributed by atoms with Crippen molar-refractivity contribution in [2.75, 3.05) is 13.2 Å². The number of carbonyl (C=O) groups is 1. The van der Waals surface area contributed by atoms with Crippen molar-refractivity contribution in [3.05, 3.63) is 24.3 Å². The molecule has 0 fully saturated rings. The molecule has 0 unspecified atom stereocenters. The first-order chi connectivity index (χ1) is 8.81. The topological polar surface area (TPSA) is 47.6 Å². The molecule has 0 aliphatic carbocycles. The maximum absolute atomic E-state index is 11.9. The van der Waals surface area contributed by atoms with Crippen LogP contribution in [-0.2, 0) is 4.79 Å². The summed E-state index contributed by atoms with van der Waals surface area (Å²) in [5.41, 5.74) is 0. The van der Waals surface area contributed by atoms with E-state index in [0.717, 1.165) is 19.3 Å². The van der Waals surface area contributed by atoms with E-state index in [0.29, 0.717) is 18.0 Å². The minimum atomic E-state index is -0.540. The maximum atomic E-state index is 11.9. The number of benzene rings is 1. The number of hydrogen-bond donors (Lipinski definition) is 1. The number of unbranched alkanes of at least 4 members (excludes halogenated alkanes) is 2. The summed E-state index contributed by atoms with van der Waals surface area (Å²) in [6.07, 6.45) is 2.74. The molecule has 4 heteroatoms. The third-order valence-corrected chi connectivity index (χ3v) is 2.88. The van der Waals surface area contributed by atoms with Crippen molar-refractivity contribution in [3.8, 4) is 11.5 Å². The molecular formula is C14H19NO3. The molecule has 0 saturated carbocycles. The predicted octanol–water partition coefficient (Wildman–Crippen LogP) is 2.13. The Morgan fingerprint density at radius 2 is 2.11 bits per heavy atom. The van der Waals surface area contributed by atoms with Gasteiger partial charge in [-0.15, -0.1) is 0 Å². The monoisotopic (exact) mass is 249 g/mol. The molecule has 4 nitrogen and oxygen atoms in total. The number of nitrogens with one attached hydrogen (secondary N) is 1. The Morgan fingerprint density at radius 1 is 1.33 bits per heavy atom. The normalized spacial score (nSPS) is 17.3. The molecule has 2 rings (SSSR count). The molecule has 1 heterocycles. The van der Waals surface area contributed by atoms with Gasteiger partial charge < -0.3 is 14.8 Å². The van der Waals surface area contributed by atoms with E-state index in [9.17, 15) is 4.79 Å². The van der Waals surface area contributed by atoms with E-state index < -0.39 is 6.10 Å². The van der Waals surface area contributed by atoms with E-state index in [1.165, 1.54) is 0 Å². The average molecular weight is 249 g/mol. The molecule has 18 heavy (non-hydrogen) atoms. The van der Waals surface area contributed by atoms with Gasteiger partial charge in [-0.05, 0) is 18.6 Å². The Labute approximate surface area is 107 Å². The summed E-state index contributed by atoms with van der Waals surface area (Å²) in [7, 11) is 0. The number of ether oxygens (including phenoxy) is 2. The van der Waals surface area contributed by atoms with Crippen LogP contribution in [0.2, 0.25) is 0 Å². The maximum Gasteiger partial charge on any atom is 0.264 e. The molecule has 1 aromatic carbocycles. The highest BCUT2D eigenvalue weighted by Gasteiger charge is 2.26. The lowest BCUT2D eigenvalue weighted by atomic mass is 10.2. The van der Waals surface area contributed by atoms with Crippen molar-refractivity contribution in [2.24, 2.45) is 0 Å². The number of rotatable bonds is 5. The first-order valence-electron chi connectivity index (χ1n) is 6.47. The van der Waals surface area contributed by atoms with Gasteiger partial charge in [0.1, 0.15) is 6.61 Å². The van der Waals surface area contributed by atoms with E-state index in [4.69, 9.17) is 9.47 Å². The van der Waals surface area contributed by atoms with Crippen LogP contribution in [0.15, 0.2) is 24.3 Å². The Morgan fingerprint density at radius 3 is 2.89 bits per heavy atom. The lowest BCUT2D eigenvalue weighted by Crippen LogP contribution is -2.44. The van der Waals surface area contributed by atoms with Gasteiger partial charge in [0.2, 0.25) is 6.10 Å². The van der Waals surface area contributed by atoms with Crippen LogP contribution in [0, 0.1) is 0 Å². The van der Waals surface area contributed by atoms with Crippen molar-refractivity contribution in [2.45, 2.75) is 32.3 Å². The van der Waals surface area contributed by atoms with Crippen LogP contribution in [0.1, 0.15) is 26.2 Å². The summed E-state index contributed by atoms with van der Waals surface area (Å²) in [6, 6.07) is 7.40. The summed E-state index contributed by atoms with van der Waals surface area (Å²) in [5.74, 6) is 1.24. The van der Waals surface area contributed by atoms with Gasteiger partial charge >= 0.3 is 0 Å². The number of fused-ring (bicyclic) bond motifs is 1. The van der Waals surface area contributed by atoms with Crippen molar-refractivity contribution in [3.63, 3.8) is 0 Å². The van der Waals surface area contributed by atoms with E-state index >= 15 is 0 Å². The first-order valence-corrected chi connectivity index (χ1v) is 6.47. The summed E-state index contributed by atoms with van der Waals surface area (Å²) in [4.78, 5) is 11.9. The highest BCUT2D eigenvalue weighted by Crippen LogP contribution is 2.30. The van der Waals surface area contributed by atoms with Crippen molar-refractivity contribution >= 4 is 5.91 Å². The zero-order valence-electron chi connectivity index (χ0n) is 10.6. The van der Waals surface area contributed by atoms with Gasteiger partial charge in [0.05, 0.1) is 0 Å². The standard InChI is InChI=1S/C14H19NO3/c1-2-3-6-9-15-14(16)13-10-17-11-7-4-5-8-12(11)18-13/h4-5,7-8,13H,2-3,6,9-10H2,1H3,(H,15,16)/t13-/m0/s1. The summed E-state index contributed by atoms with van der Waals surface area (Å²) in [6.45, 7) is 3.11. The van der Waals surface area contributed by atoms with Crippen LogP contribution in [0.3, 0.4) is 0 Å². The molecule has 1 aliphatic heterocycles. The van der Waals surface area contributed by atoms with Gasteiger partial charge in [0.25, 0.3) is 5.91 Å². The molecule has 0 spiro atoms. The fourth-order valence-corrected chi connectivity index (χ4v) is 1.85. The number of para-hydroxylation sites is 2. The minimum absolute atomic E-state index is 0.0967. The largest absolute Gasteiger partial charge is 0.485 e. The quantitative estimate of drug-likeness (QED) is 0.813. The second kappa shape index (κ2) is 6.28. The van der Waals surface area contributed by atoms with Crippen LogP contribution in [-0.4, -0.2) is 25.2 Å². The van der Waals surface area contributed by atoms with Crippen LogP contribution in [0.5, 0.6) is 11.5 Å². The van der Waals surface area contributed by atoms with Crippen molar-refractivity contribution in [1.29, 1.82) is 0 Å². The number of hydrogen-bond acceptors (Lipinski definition) is 3. The minimum Gasteiger partial charge on any atom is -0.485 e. The fourth-order valence-electron chi connectivity index (χ4n) is 1.85. The van der Waals surface area contributed by atoms with E-state index in [1.807, 2.05) is 24.3 Å². The zero-order valence-corrected chi connectivity index (χ0v) is 10.6. The molecule has 0 bridgehead atoms. The van der Waals surface area contributed by atoms with Crippen molar-refractivity contribution < 1.29 is 14.3 Å². The second-order valence-electron chi connectivity index (χ2n) is 4.36. The van der Waals surface area contributed by atoms with Crippen LogP contribution in [0.25, 0.3) is 0 Å². The molecule has 1 atom stereocenters. The summed E-state index contributed by atoms with van der Waals surface area (Å²) >= 11 is 0. The Bertz CT molecular complexity index is 406. The fraction of sp³-hybridized carbons (Fsp3) is 0.500. The first kappa shape index (κ1) is 12.7. The lowest BCUT2D eigenvalue weighted by molar-refractivity contribution is -0.130. The van der Waals surface area contributed by atoms with Crippen LogP contribution >= 0.6 is 0 Å². The molecule has 1 aromatic rings. The second-order valence-corrected chi connectivity index (χ2v) is 4.36. The molecule has 1 aliphatic rings. The third-order valence-electron chi connectivity index (χ3n) is 2.88. The van der Waals surface area contributed by atoms with Gasteiger partial charge in [-0.1, -0.05) is 31.9 Å². The van der Waals surface area contributed by atoms with Crippen molar-refractivity contribution in [1.82, 2.24) is 5.32 Å². The Hall–Kier alpha value is -1.71. The molecule has 98 valence electrons. The molecular weight excluding hydrogens is 230 g/mol. The average Bonchev–Trinajstić information content (AvgIpc) is 2.43. The number of amides is 1. The van der Waals surface area contributed by atoms with E-state index in [2.05, 4.69) is 12.2 Å². The van der Waals surface area contributed by atoms with Gasteiger partial charge in [0.15, 0.2) is 11.5 Å². The Kier molecular flexibility index (Phi) is 4.45. The third kappa shape index (κ3) is 3.15. The molecule has 1 amide bonds. The predicted molar refractivity (Wildman–Crippen MR) is 68.9 cm³/mol. The van der Waals surface area contributed by atoms with Crippen LogP contribution < -0.4 is 14.8 Å². The summed E-state index contributed by atoms with van der Waals surface area (Å²) < 4.78 is 11.1. The summed E-state index contributed by atoms with van der Waals surface area (Å²) in [5, 5.41) is 2.87. The molecule has 0 radical (unpaired) electrons. The smallest absolute Gasteiger partial charge is 0.264 e. The highest BCUT2D eigenvalue weighted by molar-refractivity contribution is 5.81. The van der Waals surface area contributed by atoms with Gasteiger partial charge in [-0.2, -0.15) is 0 Å². The van der Waals surface area contributed by atoms with Crippen LogP contribution in [0.4, 0.5) is 0 Å².